The number of amides is 2. The van der Waals surface area contributed by atoms with Gasteiger partial charge in [-0.15, -0.1) is 0 Å². The second-order valence-corrected chi connectivity index (χ2v) is 7.20. The Morgan fingerprint density at radius 2 is 2.12 bits per heavy atom. The van der Waals surface area contributed by atoms with Gasteiger partial charge in [-0.3, -0.25) is 19.6 Å². The molecule has 4 rings (SSSR count). The summed E-state index contributed by atoms with van der Waals surface area (Å²) in [5, 5.41) is 0. The topological polar surface area (TPSA) is 79.3 Å². The smallest absolute Gasteiger partial charge is 0.274 e. The van der Waals surface area contributed by atoms with E-state index in [4.69, 9.17) is 0 Å². The summed E-state index contributed by atoms with van der Waals surface area (Å²) in [7, 11) is 0. The Balaban J connectivity index is 1.56. The summed E-state index contributed by atoms with van der Waals surface area (Å²) < 4.78 is 0. The fourth-order valence-corrected chi connectivity index (χ4v) is 4.04. The maximum absolute atomic E-state index is 13.2. The summed E-state index contributed by atoms with van der Waals surface area (Å²) in [5.41, 5.74) is 1.39. The molecule has 0 N–H and O–H groups in total. The molecule has 4 heterocycles. The third-order valence-corrected chi connectivity index (χ3v) is 5.61. The molecule has 2 fully saturated rings. The van der Waals surface area contributed by atoms with Gasteiger partial charge in [0.15, 0.2) is 0 Å². The Hall–Kier alpha value is -2.83. The Morgan fingerprint density at radius 1 is 1.27 bits per heavy atom. The van der Waals surface area contributed by atoms with Crippen LogP contribution in [0.15, 0.2) is 36.9 Å². The first-order valence-electron chi connectivity index (χ1n) is 8.81. The third-order valence-electron chi connectivity index (χ3n) is 5.61. The molecule has 0 unspecified atom stereocenters. The number of carbonyl (C=O) groups is 2. The molecule has 134 valence electrons. The van der Waals surface area contributed by atoms with Crippen molar-refractivity contribution in [3.05, 3.63) is 48.3 Å². The molecule has 0 aliphatic carbocycles. The first-order valence-corrected chi connectivity index (χ1v) is 8.81. The second kappa shape index (κ2) is 6.16. The van der Waals surface area contributed by atoms with E-state index in [2.05, 4.69) is 21.9 Å². The van der Waals surface area contributed by atoms with Crippen LogP contribution >= 0.6 is 0 Å². The van der Waals surface area contributed by atoms with Crippen molar-refractivity contribution < 1.29 is 9.59 Å². The molecule has 0 radical (unpaired) electrons. The van der Waals surface area contributed by atoms with Gasteiger partial charge in [-0.05, 0) is 31.4 Å². The van der Waals surface area contributed by atoms with Gasteiger partial charge in [-0.2, -0.15) is 0 Å². The van der Waals surface area contributed by atoms with Crippen molar-refractivity contribution in [3.8, 4) is 0 Å². The molecule has 1 spiro atoms. The van der Waals surface area contributed by atoms with Gasteiger partial charge in [0.05, 0.1) is 29.2 Å². The molecule has 0 saturated carbocycles. The number of nitrogens with zero attached hydrogens (tertiary/aromatic N) is 5. The lowest BCUT2D eigenvalue weighted by molar-refractivity contribution is -0.126. The highest BCUT2D eigenvalue weighted by molar-refractivity contribution is 6.01. The van der Waals surface area contributed by atoms with Crippen molar-refractivity contribution in [2.24, 2.45) is 11.3 Å². The van der Waals surface area contributed by atoms with Crippen LogP contribution in [-0.4, -0.2) is 51.3 Å². The minimum absolute atomic E-state index is 0.0864. The standard InChI is InChI=1S/C19H21N5O2/c1-13-11-23(17(25)16-10-21-14(2)8-22-16)12-19(13)5-7-24(18(19)26)15-4-3-6-20-9-15/h3-4,6,8-10,13H,5,7,11-12H2,1-2H3/t13-,19-/m1/s1. The van der Waals surface area contributed by atoms with Gasteiger partial charge in [0.1, 0.15) is 5.69 Å². The maximum Gasteiger partial charge on any atom is 0.274 e. The monoisotopic (exact) mass is 351 g/mol. The van der Waals surface area contributed by atoms with Crippen LogP contribution in [0.2, 0.25) is 0 Å². The van der Waals surface area contributed by atoms with Gasteiger partial charge in [0.2, 0.25) is 5.91 Å². The minimum Gasteiger partial charge on any atom is -0.336 e. The van der Waals surface area contributed by atoms with Crippen LogP contribution in [0.3, 0.4) is 0 Å². The number of aryl methyl sites for hydroxylation is 1. The SMILES string of the molecule is Cc1cnc(C(=O)N2C[C@@H](C)[C@@]3(CCN(c4cccnc4)C3=O)C2)cn1. The van der Waals surface area contributed by atoms with E-state index >= 15 is 0 Å². The molecular formula is C19H21N5O2. The van der Waals surface area contributed by atoms with Gasteiger partial charge in [0, 0.05) is 32.0 Å². The zero-order valence-electron chi connectivity index (χ0n) is 14.9. The Labute approximate surface area is 152 Å². The number of anilines is 1. The van der Waals surface area contributed by atoms with E-state index in [0.29, 0.717) is 25.3 Å². The van der Waals surface area contributed by atoms with E-state index in [-0.39, 0.29) is 17.7 Å². The normalized spacial score (nSPS) is 25.3. The molecule has 2 aromatic heterocycles. The number of aromatic nitrogens is 3. The molecule has 26 heavy (non-hydrogen) atoms. The third kappa shape index (κ3) is 2.55. The molecule has 7 nitrogen and oxygen atoms in total. The van der Waals surface area contributed by atoms with Crippen LogP contribution in [-0.2, 0) is 4.79 Å². The highest BCUT2D eigenvalue weighted by Crippen LogP contribution is 2.46. The van der Waals surface area contributed by atoms with Gasteiger partial charge in [-0.25, -0.2) is 4.98 Å². The summed E-state index contributed by atoms with van der Waals surface area (Å²) in [6.07, 6.45) is 7.24. The Bertz CT molecular complexity index is 839. The Kier molecular flexibility index (Phi) is 3.94. The van der Waals surface area contributed by atoms with Crippen LogP contribution in [0.4, 0.5) is 5.69 Å². The van der Waals surface area contributed by atoms with Gasteiger partial charge < -0.3 is 9.80 Å². The summed E-state index contributed by atoms with van der Waals surface area (Å²) in [4.78, 5) is 42.0. The highest BCUT2D eigenvalue weighted by atomic mass is 16.2. The van der Waals surface area contributed by atoms with Crippen molar-refractivity contribution in [1.82, 2.24) is 19.9 Å². The molecular weight excluding hydrogens is 330 g/mol. The van der Waals surface area contributed by atoms with Crippen molar-refractivity contribution in [1.29, 1.82) is 0 Å². The maximum atomic E-state index is 13.2. The zero-order chi connectivity index (χ0) is 18.3. The number of rotatable bonds is 2. The average Bonchev–Trinajstić information content (AvgIpc) is 3.17. The lowest BCUT2D eigenvalue weighted by Gasteiger charge is -2.26. The van der Waals surface area contributed by atoms with Crippen molar-refractivity contribution >= 4 is 17.5 Å². The number of likely N-dealkylation sites (tertiary alicyclic amines) is 1. The van der Waals surface area contributed by atoms with Crippen LogP contribution in [0, 0.1) is 18.3 Å². The molecule has 2 saturated heterocycles. The van der Waals surface area contributed by atoms with Gasteiger partial charge in [0.25, 0.3) is 5.91 Å². The molecule has 2 atom stereocenters. The largest absolute Gasteiger partial charge is 0.336 e. The van der Waals surface area contributed by atoms with Crippen LogP contribution in [0.5, 0.6) is 0 Å². The van der Waals surface area contributed by atoms with E-state index < -0.39 is 5.41 Å². The summed E-state index contributed by atoms with van der Waals surface area (Å²) >= 11 is 0. The quantitative estimate of drug-likeness (QED) is 0.823. The summed E-state index contributed by atoms with van der Waals surface area (Å²) in [6, 6.07) is 3.73. The van der Waals surface area contributed by atoms with E-state index in [0.717, 1.165) is 17.8 Å². The van der Waals surface area contributed by atoms with Crippen LogP contribution in [0.25, 0.3) is 0 Å². The Morgan fingerprint density at radius 3 is 2.81 bits per heavy atom. The fraction of sp³-hybridized carbons (Fsp3) is 0.421. The lowest BCUT2D eigenvalue weighted by atomic mass is 9.78. The van der Waals surface area contributed by atoms with E-state index in [1.54, 1.807) is 28.4 Å². The molecule has 0 bridgehead atoms. The molecule has 0 aromatic carbocycles. The fourth-order valence-electron chi connectivity index (χ4n) is 4.04. The summed E-state index contributed by atoms with van der Waals surface area (Å²) in [5.74, 6) is 0.0242. The molecule has 2 aromatic rings. The van der Waals surface area contributed by atoms with Crippen molar-refractivity contribution in [3.63, 3.8) is 0 Å². The number of carbonyl (C=O) groups excluding carboxylic acids is 2. The highest BCUT2D eigenvalue weighted by Gasteiger charge is 2.56. The number of hydrogen-bond acceptors (Lipinski definition) is 5. The summed E-state index contributed by atoms with van der Waals surface area (Å²) in [6.45, 7) is 5.53. The van der Waals surface area contributed by atoms with Crippen LogP contribution in [0.1, 0.15) is 29.5 Å². The van der Waals surface area contributed by atoms with E-state index in [1.165, 1.54) is 6.20 Å². The molecule has 2 aliphatic rings. The lowest BCUT2D eigenvalue weighted by Crippen LogP contribution is -2.40. The molecule has 2 aliphatic heterocycles. The zero-order valence-corrected chi connectivity index (χ0v) is 14.9. The molecule has 7 heteroatoms. The second-order valence-electron chi connectivity index (χ2n) is 7.20. The predicted molar refractivity (Wildman–Crippen MR) is 95.5 cm³/mol. The first kappa shape index (κ1) is 16.6. The van der Waals surface area contributed by atoms with Crippen molar-refractivity contribution in [2.45, 2.75) is 20.3 Å². The first-order chi connectivity index (χ1) is 12.5. The van der Waals surface area contributed by atoms with Crippen molar-refractivity contribution in [2.75, 3.05) is 24.5 Å². The van der Waals surface area contributed by atoms with Gasteiger partial charge in [-0.1, -0.05) is 6.92 Å². The van der Waals surface area contributed by atoms with Gasteiger partial charge >= 0.3 is 0 Å². The number of pyridine rings is 1. The average molecular weight is 351 g/mol. The minimum atomic E-state index is -0.524. The van der Waals surface area contributed by atoms with E-state index in [9.17, 15) is 9.59 Å². The predicted octanol–water partition coefficient (Wildman–Crippen LogP) is 1.70. The number of hydrogen-bond donors (Lipinski definition) is 0. The van der Waals surface area contributed by atoms with E-state index in [1.807, 2.05) is 19.1 Å². The van der Waals surface area contributed by atoms with Crippen LogP contribution < -0.4 is 4.90 Å². The molecule has 2 amide bonds.